The van der Waals surface area contributed by atoms with Crippen molar-refractivity contribution in [2.24, 2.45) is 0 Å². The summed E-state index contributed by atoms with van der Waals surface area (Å²) in [6.07, 6.45) is 1.90. The van der Waals surface area contributed by atoms with E-state index in [1.807, 2.05) is 0 Å². The first-order chi connectivity index (χ1) is 12.6. The van der Waals surface area contributed by atoms with E-state index in [2.05, 4.69) is 4.72 Å². The molecule has 1 aliphatic carbocycles. The normalized spacial score (nSPS) is 23.4. The smallest absolute Gasteiger partial charge is 0.240 e. The predicted octanol–water partition coefficient (Wildman–Crippen LogP) is 3.74. The van der Waals surface area contributed by atoms with Gasteiger partial charge in [0.05, 0.1) is 10.5 Å². The Morgan fingerprint density at radius 3 is 2.11 bits per heavy atom. The van der Waals surface area contributed by atoms with Gasteiger partial charge >= 0.3 is 0 Å². The number of rotatable bonds is 4. The highest BCUT2D eigenvalue weighted by Gasteiger charge is 2.31. The zero-order valence-electron chi connectivity index (χ0n) is 14.7. The Morgan fingerprint density at radius 2 is 1.56 bits per heavy atom. The average Bonchev–Trinajstić information content (AvgIpc) is 2.57. The summed E-state index contributed by atoms with van der Waals surface area (Å²) in [5, 5.41) is 9.94. The van der Waals surface area contributed by atoms with Crippen molar-refractivity contribution in [3.8, 4) is 11.1 Å². The molecule has 8 heteroatoms. The molecule has 0 heterocycles. The quantitative estimate of drug-likeness (QED) is 0.823. The maximum Gasteiger partial charge on any atom is 0.240 e. The first kappa shape index (κ1) is 19.9. The minimum absolute atomic E-state index is 0.152. The molecule has 27 heavy (non-hydrogen) atoms. The van der Waals surface area contributed by atoms with Crippen LogP contribution in [0.5, 0.6) is 0 Å². The van der Waals surface area contributed by atoms with Crippen LogP contribution in [-0.4, -0.2) is 25.2 Å². The van der Waals surface area contributed by atoms with Gasteiger partial charge in [-0.05, 0) is 62.9 Å². The summed E-state index contributed by atoms with van der Waals surface area (Å²) in [5.74, 6) is -2.64. The van der Waals surface area contributed by atoms with E-state index in [0.29, 0.717) is 31.7 Å². The van der Waals surface area contributed by atoms with Crippen LogP contribution in [0, 0.1) is 17.5 Å². The Kier molecular flexibility index (Phi) is 5.33. The van der Waals surface area contributed by atoms with Gasteiger partial charge in [-0.2, -0.15) is 0 Å². The maximum atomic E-state index is 14.4. The molecular weight excluding hydrogens is 379 g/mol. The van der Waals surface area contributed by atoms with Crippen molar-refractivity contribution in [1.29, 1.82) is 0 Å². The van der Waals surface area contributed by atoms with E-state index in [1.165, 1.54) is 6.07 Å². The molecule has 0 spiro atoms. The van der Waals surface area contributed by atoms with Crippen LogP contribution in [0.15, 0.2) is 41.3 Å². The van der Waals surface area contributed by atoms with Crippen LogP contribution in [0.1, 0.15) is 32.6 Å². The molecule has 2 N–H and O–H groups in total. The van der Waals surface area contributed by atoms with Gasteiger partial charge in [0.15, 0.2) is 0 Å². The molecule has 1 saturated carbocycles. The number of hydrogen-bond acceptors (Lipinski definition) is 3. The van der Waals surface area contributed by atoms with E-state index in [9.17, 15) is 26.7 Å². The number of aliphatic hydroxyl groups is 1. The third-order valence-corrected chi connectivity index (χ3v) is 6.37. The molecule has 2 aromatic rings. The van der Waals surface area contributed by atoms with E-state index < -0.39 is 33.1 Å². The Hall–Kier alpha value is -1.90. The number of benzene rings is 2. The summed E-state index contributed by atoms with van der Waals surface area (Å²) in [6, 6.07) is 5.56. The summed E-state index contributed by atoms with van der Waals surface area (Å²) in [4.78, 5) is -0.274. The average molecular weight is 399 g/mol. The van der Waals surface area contributed by atoms with Crippen molar-refractivity contribution in [2.75, 3.05) is 0 Å². The molecule has 0 bridgehead atoms. The summed E-state index contributed by atoms with van der Waals surface area (Å²) < 4.78 is 68.9. The third-order valence-electron chi connectivity index (χ3n) is 4.86. The predicted molar refractivity (Wildman–Crippen MR) is 95.0 cm³/mol. The maximum absolute atomic E-state index is 14.4. The van der Waals surface area contributed by atoms with Gasteiger partial charge in [0, 0.05) is 23.2 Å². The highest BCUT2D eigenvalue weighted by Crippen LogP contribution is 2.30. The molecule has 0 aromatic heterocycles. The van der Waals surface area contributed by atoms with Crippen LogP contribution in [0.4, 0.5) is 13.2 Å². The fourth-order valence-electron chi connectivity index (χ4n) is 3.23. The zero-order chi connectivity index (χ0) is 19.8. The molecule has 0 unspecified atom stereocenters. The van der Waals surface area contributed by atoms with Crippen LogP contribution in [0.3, 0.4) is 0 Å². The summed E-state index contributed by atoms with van der Waals surface area (Å²) >= 11 is 0. The summed E-state index contributed by atoms with van der Waals surface area (Å²) in [7, 11) is -3.96. The van der Waals surface area contributed by atoms with Crippen LogP contribution >= 0.6 is 0 Å². The van der Waals surface area contributed by atoms with Crippen molar-refractivity contribution in [1.82, 2.24) is 4.72 Å². The van der Waals surface area contributed by atoms with Crippen molar-refractivity contribution in [2.45, 2.75) is 49.1 Å². The fourth-order valence-corrected chi connectivity index (χ4v) is 4.55. The molecule has 0 aliphatic heterocycles. The molecule has 0 amide bonds. The molecule has 4 nitrogen and oxygen atoms in total. The standard InChI is InChI=1S/C19H20F3NO3S/c1-19(24)8-6-13(7-9-19)23-27(25,26)14-3-5-16(18(22)11-14)15-4-2-12(20)10-17(15)21/h2-5,10-11,13,23-24H,6-9H2,1H3/t13-,19-. The molecule has 0 atom stereocenters. The monoisotopic (exact) mass is 399 g/mol. The van der Waals surface area contributed by atoms with Gasteiger partial charge in [-0.15, -0.1) is 0 Å². The van der Waals surface area contributed by atoms with Crippen molar-refractivity contribution in [3.63, 3.8) is 0 Å². The third kappa shape index (κ3) is 4.51. The molecule has 1 fully saturated rings. The molecule has 0 saturated heterocycles. The highest BCUT2D eigenvalue weighted by atomic mass is 32.2. The molecule has 2 aromatic carbocycles. The molecule has 1 aliphatic rings. The van der Waals surface area contributed by atoms with Gasteiger partial charge < -0.3 is 5.11 Å². The van der Waals surface area contributed by atoms with Crippen LogP contribution in [-0.2, 0) is 10.0 Å². The summed E-state index contributed by atoms with van der Waals surface area (Å²) in [5.41, 5.74) is -1.10. The van der Waals surface area contributed by atoms with E-state index >= 15 is 0 Å². The van der Waals surface area contributed by atoms with Gasteiger partial charge in [0.1, 0.15) is 17.5 Å². The lowest BCUT2D eigenvalue weighted by Crippen LogP contribution is -2.42. The molecule has 146 valence electrons. The number of hydrogen-bond donors (Lipinski definition) is 2. The first-order valence-electron chi connectivity index (χ1n) is 8.57. The number of halogens is 3. The Labute approximate surface area is 156 Å². The Bertz CT molecular complexity index is 951. The summed E-state index contributed by atoms with van der Waals surface area (Å²) in [6.45, 7) is 1.71. The van der Waals surface area contributed by atoms with Gasteiger partial charge in [0.2, 0.25) is 10.0 Å². The largest absolute Gasteiger partial charge is 0.390 e. The first-order valence-corrected chi connectivity index (χ1v) is 10.1. The molecule has 3 rings (SSSR count). The minimum atomic E-state index is -3.96. The van der Waals surface area contributed by atoms with Gasteiger partial charge in [0.25, 0.3) is 0 Å². The van der Waals surface area contributed by atoms with Crippen LogP contribution in [0.2, 0.25) is 0 Å². The Balaban J connectivity index is 1.82. The van der Waals surface area contributed by atoms with E-state index in [0.717, 1.165) is 24.3 Å². The van der Waals surface area contributed by atoms with Gasteiger partial charge in [-0.3, -0.25) is 0 Å². The van der Waals surface area contributed by atoms with Crippen molar-refractivity contribution < 1.29 is 26.7 Å². The second kappa shape index (κ2) is 7.26. The number of nitrogens with one attached hydrogen (secondary N) is 1. The van der Waals surface area contributed by atoms with Gasteiger partial charge in [-0.1, -0.05) is 0 Å². The van der Waals surface area contributed by atoms with E-state index in [1.54, 1.807) is 6.92 Å². The highest BCUT2D eigenvalue weighted by molar-refractivity contribution is 7.89. The lowest BCUT2D eigenvalue weighted by molar-refractivity contribution is 0.0163. The lowest BCUT2D eigenvalue weighted by Gasteiger charge is -2.33. The van der Waals surface area contributed by atoms with Gasteiger partial charge in [-0.25, -0.2) is 26.3 Å². The molecular formula is C19H20F3NO3S. The topological polar surface area (TPSA) is 66.4 Å². The second-order valence-electron chi connectivity index (χ2n) is 7.16. The molecule has 0 radical (unpaired) electrons. The zero-order valence-corrected chi connectivity index (χ0v) is 15.5. The SMILES string of the molecule is C[C@]1(O)CC[C@H](NS(=O)(=O)c2ccc(-c3ccc(F)cc3F)c(F)c2)CC1. The van der Waals surface area contributed by atoms with Crippen LogP contribution < -0.4 is 4.72 Å². The number of sulfonamides is 1. The van der Waals surface area contributed by atoms with Crippen LogP contribution in [0.25, 0.3) is 11.1 Å². The lowest BCUT2D eigenvalue weighted by atomic mass is 9.84. The minimum Gasteiger partial charge on any atom is -0.390 e. The van der Waals surface area contributed by atoms with Crippen molar-refractivity contribution in [3.05, 3.63) is 53.8 Å². The fraction of sp³-hybridized carbons (Fsp3) is 0.368. The van der Waals surface area contributed by atoms with E-state index in [-0.39, 0.29) is 22.1 Å². The second-order valence-corrected chi connectivity index (χ2v) is 8.87. The Morgan fingerprint density at radius 1 is 1.00 bits per heavy atom. The van der Waals surface area contributed by atoms with Crippen molar-refractivity contribution >= 4 is 10.0 Å². The van der Waals surface area contributed by atoms with E-state index in [4.69, 9.17) is 0 Å².